The van der Waals surface area contributed by atoms with Crippen molar-refractivity contribution in [2.24, 2.45) is 10.3 Å². The standard InChI is InChI=1S/2C7H8N2O.Zn/c2*1-6(9-10)7-4-2-3-5-8-7;/h2*2-5,10H,1H3;/q;;+2/p-2/b2*9-6-;. The molecule has 2 aromatic heterocycles. The van der Waals surface area contributed by atoms with E-state index in [-0.39, 0.29) is 19.5 Å². The fourth-order valence-corrected chi connectivity index (χ4v) is 1.25. The van der Waals surface area contributed by atoms with Gasteiger partial charge in [-0.25, -0.2) is 0 Å². The maximum absolute atomic E-state index is 9.98. The maximum atomic E-state index is 9.98. The predicted octanol–water partition coefficient (Wildman–Crippen LogP) is 2.77. The first-order valence-electron chi connectivity index (χ1n) is 5.85. The predicted molar refractivity (Wildman–Crippen MR) is 79.6 cm³/mol. The molecule has 0 saturated heterocycles. The van der Waals surface area contributed by atoms with Gasteiger partial charge in [0.05, 0.1) is 22.8 Å². The van der Waals surface area contributed by atoms with E-state index in [9.17, 15) is 10.4 Å². The second-order valence-corrected chi connectivity index (χ2v) is 3.78. The molecule has 0 aliphatic heterocycles. The molecule has 2 rings (SSSR count). The zero-order valence-electron chi connectivity index (χ0n) is 11.9. The van der Waals surface area contributed by atoms with Crippen LogP contribution in [0.3, 0.4) is 0 Å². The maximum Gasteiger partial charge on any atom is 2.00 e. The van der Waals surface area contributed by atoms with E-state index < -0.39 is 0 Å². The summed E-state index contributed by atoms with van der Waals surface area (Å²) in [5, 5.41) is 25.5. The Hall–Kier alpha value is -2.14. The molecular weight excluding hydrogens is 322 g/mol. The minimum Gasteiger partial charge on any atom is -0.792 e. The summed E-state index contributed by atoms with van der Waals surface area (Å²) in [6.07, 6.45) is 3.26. The summed E-state index contributed by atoms with van der Waals surface area (Å²) in [5.74, 6) is 0. The minimum absolute atomic E-state index is 0. The van der Waals surface area contributed by atoms with E-state index in [1.807, 2.05) is 12.1 Å². The van der Waals surface area contributed by atoms with Gasteiger partial charge in [0.1, 0.15) is 0 Å². The van der Waals surface area contributed by atoms with Crippen LogP contribution in [0.15, 0.2) is 59.1 Å². The zero-order valence-corrected chi connectivity index (χ0v) is 14.9. The average Bonchev–Trinajstić information content (AvgIpc) is 2.55. The largest absolute Gasteiger partial charge is 2.00 e. The van der Waals surface area contributed by atoms with Gasteiger partial charge in [-0.1, -0.05) is 12.1 Å². The van der Waals surface area contributed by atoms with Crippen LogP contribution < -0.4 is 0 Å². The minimum atomic E-state index is 0. The van der Waals surface area contributed by atoms with Crippen molar-refractivity contribution in [3.63, 3.8) is 0 Å². The summed E-state index contributed by atoms with van der Waals surface area (Å²) in [7, 11) is 0. The van der Waals surface area contributed by atoms with Crippen molar-refractivity contribution in [2.75, 3.05) is 0 Å². The molecule has 6 nitrogen and oxygen atoms in total. The van der Waals surface area contributed by atoms with Crippen molar-refractivity contribution in [2.45, 2.75) is 13.8 Å². The molecule has 0 unspecified atom stereocenters. The number of aromatic nitrogens is 2. The van der Waals surface area contributed by atoms with Crippen molar-refractivity contribution >= 4 is 11.4 Å². The van der Waals surface area contributed by atoms with E-state index in [1.165, 1.54) is 0 Å². The van der Waals surface area contributed by atoms with Crippen LogP contribution in [0.5, 0.6) is 0 Å². The van der Waals surface area contributed by atoms with Gasteiger partial charge in [0, 0.05) is 12.4 Å². The van der Waals surface area contributed by atoms with Crippen molar-refractivity contribution in [1.82, 2.24) is 9.97 Å². The van der Waals surface area contributed by atoms with Crippen LogP contribution in [0.4, 0.5) is 0 Å². The molecule has 0 fully saturated rings. The topological polar surface area (TPSA) is 96.6 Å². The van der Waals surface area contributed by atoms with E-state index in [4.69, 9.17) is 0 Å². The van der Waals surface area contributed by atoms with Crippen LogP contribution in [0.2, 0.25) is 0 Å². The zero-order chi connectivity index (χ0) is 14.8. The van der Waals surface area contributed by atoms with Crippen LogP contribution >= 0.6 is 0 Å². The summed E-state index contributed by atoms with van der Waals surface area (Å²) in [6.45, 7) is 3.27. The molecule has 0 aliphatic rings. The summed E-state index contributed by atoms with van der Waals surface area (Å²) in [4.78, 5) is 7.84. The number of nitrogens with zero attached hydrogens (tertiary/aromatic N) is 4. The normalized spacial score (nSPS) is 11.0. The Kier molecular flexibility index (Phi) is 9.55. The second kappa shape index (κ2) is 10.6. The second-order valence-electron chi connectivity index (χ2n) is 3.78. The van der Waals surface area contributed by atoms with Gasteiger partial charge in [0.15, 0.2) is 0 Å². The summed E-state index contributed by atoms with van der Waals surface area (Å²) in [5.41, 5.74) is 2.11. The molecule has 0 bridgehead atoms. The van der Waals surface area contributed by atoms with Gasteiger partial charge in [-0.2, -0.15) is 0 Å². The first-order valence-corrected chi connectivity index (χ1v) is 5.85. The summed E-state index contributed by atoms with van der Waals surface area (Å²) in [6, 6.07) is 10.7. The van der Waals surface area contributed by atoms with Crippen LogP contribution in [0.1, 0.15) is 25.2 Å². The van der Waals surface area contributed by atoms with E-state index in [2.05, 4.69) is 20.3 Å². The average molecular weight is 336 g/mol. The molecule has 0 atom stereocenters. The van der Waals surface area contributed by atoms with Gasteiger partial charge < -0.3 is 20.7 Å². The van der Waals surface area contributed by atoms with E-state index in [1.54, 1.807) is 50.5 Å². The van der Waals surface area contributed by atoms with Gasteiger partial charge in [0.2, 0.25) is 0 Å². The fourth-order valence-electron chi connectivity index (χ4n) is 1.25. The molecule has 0 aliphatic carbocycles. The van der Waals surface area contributed by atoms with Crippen LogP contribution in [-0.4, -0.2) is 21.4 Å². The van der Waals surface area contributed by atoms with Crippen LogP contribution in [0, 0.1) is 10.4 Å². The van der Waals surface area contributed by atoms with E-state index >= 15 is 0 Å². The molecule has 2 aromatic rings. The van der Waals surface area contributed by atoms with Gasteiger partial charge in [0.25, 0.3) is 0 Å². The molecule has 104 valence electrons. The monoisotopic (exact) mass is 334 g/mol. The number of rotatable bonds is 2. The molecule has 0 radical (unpaired) electrons. The molecule has 0 saturated carbocycles. The van der Waals surface area contributed by atoms with Gasteiger partial charge in [-0.05, 0) is 38.1 Å². The smallest absolute Gasteiger partial charge is 0.792 e. The molecule has 0 N–H and O–H groups in total. The number of pyridine rings is 2. The Morgan fingerprint density at radius 2 is 1.19 bits per heavy atom. The molecule has 2 heterocycles. The van der Waals surface area contributed by atoms with Crippen molar-refractivity contribution in [1.29, 1.82) is 0 Å². The number of hydrogen-bond donors (Lipinski definition) is 0. The first kappa shape index (κ1) is 18.9. The molecule has 0 amide bonds. The Balaban J connectivity index is 0.000000364. The van der Waals surface area contributed by atoms with E-state index in [0.29, 0.717) is 22.8 Å². The Bertz CT molecular complexity index is 521. The quantitative estimate of drug-likeness (QED) is 0.479. The summed E-state index contributed by atoms with van der Waals surface area (Å²) < 4.78 is 0. The first-order chi connectivity index (χ1) is 9.69. The Morgan fingerprint density at radius 3 is 1.43 bits per heavy atom. The van der Waals surface area contributed by atoms with Gasteiger partial charge in [-0.3, -0.25) is 9.97 Å². The fraction of sp³-hybridized carbons (Fsp3) is 0.143. The Labute approximate surface area is 136 Å². The van der Waals surface area contributed by atoms with Crippen LogP contribution in [0.25, 0.3) is 0 Å². The van der Waals surface area contributed by atoms with Gasteiger partial charge in [-0.15, -0.1) is 0 Å². The van der Waals surface area contributed by atoms with Crippen molar-refractivity contribution in [3.05, 3.63) is 70.6 Å². The third-order valence-corrected chi connectivity index (χ3v) is 2.35. The molecule has 0 spiro atoms. The molecule has 7 heteroatoms. The van der Waals surface area contributed by atoms with E-state index in [0.717, 1.165) is 0 Å². The number of hydrogen-bond acceptors (Lipinski definition) is 6. The third-order valence-electron chi connectivity index (χ3n) is 2.35. The van der Waals surface area contributed by atoms with Crippen molar-refractivity contribution in [3.8, 4) is 0 Å². The van der Waals surface area contributed by atoms with Crippen molar-refractivity contribution < 1.29 is 19.5 Å². The summed E-state index contributed by atoms with van der Waals surface area (Å²) >= 11 is 0. The van der Waals surface area contributed by atoms with Crippen LogP contribution in [-0.2, 0) is 19.5 Å². The molecular formula is C14H14N4O2Zn. The molecule has 0 aromatic carbocycles. The SMILES string of the molecule is C/C(=N/[O-])c1ccccn1.C/C(=N/[O-])c1ccccn1.[Zn+2]. The van der Waals surface area contributed by atoms with Gasteiger partial charge >= 0.3 is 19.5 Å². The Morgan fingerprint density at radius 1 is 0.810 bits per heavy atom. The third kappa shape index (κ3) is 6.72. The molecule has 21 heavy (non-hydrogen) atoms.